The fourth-order valence-electron chi connectivity index (χ4n) is 2.38. The predicted octanol–water partition coefficient (Wildman–Crippen LogP) is 4.69. The smallest absolute Gasteiger partial charge is 0.133 e. The Labute approximate surface area is 117 Å². The highest BCUT2D eigenvalue weighted by Gasteiger charge is 2.17. The van der Waals surface area contributed by atoms with Crippen molar-refractivity contribution in [2.45, 2.75) is 33.6 Å². The molecule has 1 N–H and O–H groups in total. The maximum absolute atomic E-state index is 14.3. The standard InChI is InChI=1S/C15H17FN2S/c1-8(2)12-14(17-7-18-15(12)19)13-10(4)5-9(3)6-11(13)16/h5-8H,1-4H3,(H,17,18,19). The van der Waals surface area contributed by atoms with E-state index < -0.39 is 0 Å². The number of hydrogen-bond donors (Lipinski definition) is 1. The Morgan fingerprint density at radius 3 is 2.53 bits per heavy atom. The van der Waals surface area contributed by atoms with Crippen molar-refractivity contribution >= 4 is 12.2 Å². The van der Waals surface area contributed by atoms with E-state index in [0.29, 0.717) is 10.2 Å². The Morgan fingerprint density at radius 2 is 1.95 bits per heavy atom. The maximum Gasteiger partial charge on any atom is 0.133 e. The van der Waals surface area contributed by atoms with E-state index in [2.05, 4.69) is 9.97 Å². The molecule has 0 unspecified atom stereocenters. The number of rotatable bonds is 2. The summed E-state index contributed by atoms with van der Waals surface area (Å²) in [6.07, 6.45) is 1.53. The first-order valence-electron chi connectivity index (χ1n) is 6.26. The first-order chi connectivity index (χ1) is 8.91. The summed E-state index contributed by atoms with van der Waals surface area (Å²) in [4.78, 5) is 7.16. The SMILES string of the molecule is Cc1cc(C)c(-c2[nH]cnc(=S)c2C(C)C)c(F)c1. The van der Waals surface area contributed by atoms with Crippen LogP contribution in [0.15, 0.2) is 18.5 Å². The van der Waals surface area contributed by atoms with E-state index in [4.69, 9.17) is 12.2 Å². The zero-order chi connectivity index (χ0) is 14.2. The molecule has 1 aromatic carbocycles. The van der Waals surface area contributed by atoms with Gasteiger partial charge in [0.05, 0.1) is 12.0 Å². The van der Waals surface area contributed by atoms with Gasteiger partial charge in [0.25, 0.3) is 0 Å². The van der Waals surface area contributed by atoms with E-state index in [1.54, 1.807) is 6.07 Å². The summed E-state index contributed by atoms with van der Waals surface area (Å²) in [6, 6.07) is 3.52. The molecule has 100 valence electrons. The van der Waals surface area contributed by atoms with Crippen molar-refractivity contribution in [1.29, 1.82) is 0 Å². The molecule has 0 aliphatic rings. The van der Waals surface area contributed by atoms with Crippen molar-refractivity contribution in [3.05, 3.63) is 45.6 Å². The minimum absolute atomic E-state index is 0.188. The lowest BCUT2D eigenvalue weighted by molar-refractivity contribution is 0.627. The topological polar surface area (TPSA) is 28.7 Å². The third-order valence-electron chi connectivity index (χ3n) is 3.15. The monoisotopic (exact) mass is 276 g/mol. The molecule has 0 saturated heterocycles. The summed E-state index contributed by atoms with van der Waals surface area (Å²) in [5, 5.41) is 0. The van der Waals surface area contributed by atoms with Crippen molar-refractivity contribution in [1.82, 2.24) is 9.97 Å². The van der Waals surface area contributed by atoms with E-state index in [0.717, 1.165) is 22.4 Å². The second-order valence-electron chi connectivity index (χ2n) is 5.09. The summed E-state index contributed by atoms with van der Waals surface area (Å²) in [5.41, 5.74) is 4.03. The quantitative estimate of drug-likeness (QED) is 0.806. The maximum atomic E-state index is 14.3. The third kappa shape index (κ3) is 2.59. The fraction of sp³-hybridized carbons (Fsp3) is 0.333. The lowest BCUT2D eigenvalue weighted by Gasteiger charge is -2.15. The van der Waals surface area contributed by atoms with Gasteiger partial charge in [-0.25, -0.2) is 9.37 Å². The summed E-state index contributed by atoms with van der Waals surface area (Å²) in [7, 11) is 0. The van der Waals surface area contributed by atoms with Gasteiger partial charge in [-0.1, -0.05) is 32.1 Å². The summed E-state index contributed by atoms with van der Waals surface area (Å²) in [6.45, 7) is 7.86. The Morgan fingerprint density at radius 1 is 1.26 bits per heavy atom. The minimum Gasteiger partial charge on any atom is -0.345 e. The largest absolute Gasteiger partial charge is 0.345 e. The van der Waals surface area contributed by atoms with Crippen molar-refractivity contribution in [3.8, 4) is 11.3 Å². The molecule has 0 aliphatic carbocycles. The number of nitrogens with zero attached hydrogens (tertiary/aromatic N) is 1. The summed E-state index contributed by atoms with van der Waals surface area (Å²) in [5.74, 6) is -0.0381. The average Bonchev–Trinajstić information content (AvgIpc) is 2.26. The number of benzene rings is 1. The molecular formula is C15H17FN2S. The highest BCUT2D eigenvalue weighted by Crippen LogP contribution is 2.32. The predicted molar refractivity (Wildman–Crippen MR) is 78.4 cm³/mol. The van der Waals surface area contributed by atoms with Crippen LogP contribution >= 0.6 is 12.2 Å². The number of aryl methyl sites for hydroxylation is 2. The number of hydrogen-bond acceptors (Lipinski definition) is 2. The van der Waals surface area contributed by atoms with Gasteiger partial charge >= 0.3 is 0 Å². The molecule has 0 bridgehead atoms. The van der Waals surface area contributed by atoms with E-state index >= 15 is 0 Å². The van der Waals surface area contributed by atoms with Crippen LogP contribution in [0.2, 0.25) is 0 Å². The molecule has 0 aliphatic heterocycles. The molecule has 0 spiro atoms. The molecule has 2 aromatic rings. The molecular weight excluding hydrogens is 259 g/mol. The Balaban J connectivity index is 2.80. The van der Waals surface area contributed by atoms with Gasteiger partial charge in [0.1, 0.15) is 10.5 Å². The molecule has 0 radical (unpaired) electrons. The van der Waals surface area contributed by atoms with Crippen LogP contribution in [0.5, 0.6) is 0 Å². The second kappa shape index (κ2) is 5.21. The highest BCUT2D eigenvalue weighted by atomic mass is 32.1. The van der Waals surface area contributed by atoms with Gasteiger partial charge in [0, 0.05) is 11.1 Å². The molecule has 0 saturated carbocycles. The molecule has 0 amide bonds. The molecule has 0 atom stereocenters. The van der Waals surface area contributed by atoms with Crippen LogP contribution in [0.1, 0.15) is 36.5 Å². The van der Waals surface area contributed by atoms with Crippen molar-refractivity contribution in [3.63, 3.8) is 0 Å². The van der Waals surface area contributed by atoms with Gasteiger partial charge < -0.3 is 4.98 Å². The summed E-state index contributed by atoms with van der Waals surface area (Å²) < 4.78 is 14.8. The molecule has 1 aromatic heterocycles. The number of H-pyrrole nitrogens is 1. The van der Waals surface area contributed by atoms with Crippen LogP contribution in [-0.2, 0) is 0 Å². The van der Waals surface area contributed by atoms with Gasteiger partial charge in [-0.15, -0.1) is 0 Å². The van der Waals surface area contributed by atoms with Gasteiger partial charge in [-0.05, 0) is 37.0 Å². The first-order valence-corrected chi connectivity index (χ1v) is 6.67. The highest BCUT2D eigenvalue weighted by molar-refractivity contribution is 7.71. The van der Waals surface area contributed by atoms with Gasteiger partial charge in [0.2, 0.25) is 0 Å². The van der Waals surface area contributed by atoms with Crippen LogP contribution in [0, 0.1) is 24.3 Å². The van der Waals surface area contributed by atoms with Crippen molar-refractivity contribution < 1.29 is 4.39 Å². The van der Waals surface area contributed by atoms with E-state index in [-0.39, 0.29) is 11.7 Å². The molecule has 19 heavy (non-hydrogen) atoms. The van der Waals surface area contributed by atoms with E-state index in [1.807, 2.05) is 33.8 Å². The van der Waals surface area contributed by atoms with Crippen LogP contribution < -0.4 is 0 Å². The normalized spacial score (nSPS) is 11.1. The molecule has 1 heterocycles. The minimum atomic E-state index is -0.226. The molecule has 4 heteroatoms. The van der Waals surface area contributed by atoms with Gasteiger partial charge in [-0.3, -0.25) is 0 Å². The molecule has 2 nitrogen and oxygen atoms in total. The Hall–Kier alpha value is -1.55. The zero-order valence-electron chi connectivity index (χ0n) is 11.5. The van der Waals surface area contributed by atoms with Gasteiger partial charge in [0.15, 0.2) is 0 Å². The van der Waals surface area contributed by atoms with Gasteiger partial charge in [-0.2, -0.15) is 0 Å². The van der Waals surface area contributed by atoms with E-state index in [1.165, 1.54) is 6.33 Å². The third-order valence-corrected chi connectivity index (χ3v) is 3.47. The van der Waals surface area contributed by atoms with Crippen molar-refractivity contribution in [2.75, 3.05) is 0 Å². The fourth-order valence-corrected chi connectivity index (χ4v) is 2.77. The number of halogens is 1. The number of aromatic amines is 1. The van der Waals surface area contributed by atoms with Crippen LogP contribution in [0.25, 0.3) is 11.3 Å². The van der Waals surface area contributed by atoms with E-state index in [9.17, 15) is 4.39 Å². The Bertz CT molecular complexity index is 651. The zero-order valence-corrected chi connectivity index (χ0v) is 12.4. The van der Waals surface area contributed by atoms with Crippen LogP contribution in [0.4, 0.5) is 4.39 Å². The number of aromatic nitrogens is 2. The van der Waals surface area contributed by atoms with Crippen molar-refractivity contribution in [2.24, 2.45) is 0 Å². The van der Waals surface area contributed by atoms with Crippen LogP contribution in [0.3, 0.4) is 0 Å². The Kier molecular flexibility index (Phi) is 3.80. The lowest BCUT2D eigenvalue weighted by atomic mass is 9.94. The average molecular weight is 276 g/mol. The lowest BCUT2D eigenvalue weighted by Crippen LogP contribution is -2.02. The second-order valence-corrected chi connectivity index (χ2v) is 5.48. The number of nitrogens with one attached hydrogen (secondary N) is 1. The molecule has 0 fully saturated rings. The van der Waals surface area contributed by atoms with Crippen LogP contribution in [-0.4, -0.2) is 9.97 Å². The molecule has 2 rings (SSSR count). The summed E-state index contributed by atoms with van der Waals surface area (Å²) >= 11 is 5.27. The first kappa shape index (κ1) is 13.9.